The number of nitrogens with zero attached hydrogens (tertiary/aromatic N) is 6. The summed E-state index contributed by atoms with van der Waals surface area (Å²) in [6, 6.07) is 9.39. The molecular weight excluding hydrogens is 425 g/mol. The predicted octanol–water partition coefficient (Wildman–Crippen LogP) is 3.27. The second-order valence-electron chi connectivity index (χ2n) is 6.35. The summed E-state index contributed by atoms with van der Waals surface area (Å²) in [5.41, 5.74) is 0.963. The van der Waals surface area contributed by atoms with Crippen molar-refractivity contribution in [3.8, 4) is 22.9 Å². The molecule has 0 radical (unpaired) electrons. The third kappa shape index (κ3) is 4.12. The lowest BCUT2D eigenvalue weighted by molar-refractivity contribution is -0.384. The number of benzene rings is 1. The molecule has 162 valence electrons. The molecule has 0 spiro atoms. The van der Waals surface area contributed by atoms with E-state index in [0.717, 1.165) is 13.3 Å². The molecule has 0 bridgehead atoms. The van der Waals surface area contributed by atoms with E-state index in [-0.39, 0.29) is 23.9 Å². The maximum Gasteiger partial charge on any atom is 0.412 e. The van der Waals surface area contributed by atoms with Gasteiger partial charge in [0.25, 0.3) is 0 Å². The van der Waals surface area contributed by atoms with Gasteiger partial charge in [0.15, 0.2) is 5.82 Å². The zero-order valence-corrected chi connectivity index (χ0v) is 16.4. The Morgan fingerprint density at radius 2 is 2.12 bits per heavy atom. The van der Waals surface area contributed by atoms with Gasteiger partial charge in [0, 0.05) is 11.6 Å². The maximum atomic E-state index is 14.2. The molecule has 32 heavy (non-hydrogen) atoms. The van der Waals surface area contributed by atoms with Crippen molar-refractivity contribution in [2.75, 3.05) is 12.4 Å². The second kappa shape index (κ2) is 8.59. The van der Waals surface area contributed by atoms with Gasteiger partial charge < -0.3 is 9.26 Å². The molecule has 0 fully saturated rings. The Labute approximate surface area is 178 Å². The van der Waals surface area contributed by atoms with Crippen molar-refractivity contribution < 1.29 is 23.4 Å². The number of hydrogen-bond acceptors (Lipinski definition) is 9. The van der Waals surface area contributed by atoms with Crippen LogP contribution >= 0.6 is 0 Å². The molecule has 0 saturated heterocycles. The predicted molar refractivity (Wildman–Crippen MR) is 107 cm³/mol. The molecule has 3 aromatic heterocycles. The molecule has 1 aromatic carbocycles. The van der Waals surface area contributed by atoms with Crippen LogP contribution in [0.3, 0.4) is 0 Å². The number of carbonyl (C=O) groups is 1. The lowest BCUT2D eigenvalue weighted by atomic mass is 10.2. The first kappa shape index (κ1) is 20.6. The van der Waals surface area contributed by atoms with Crippen LogP contribution in [0.25, 0.3) is 22.9 Å². The molecule has 0 atom stereocenters. The van der Waals surface area contributed by atoms with Crippen LogP contribution in [0.1, 0.15) is 5.56 Å². The number of rotatable bonds is 6. The van der Waals surface area contributed by atoms with Crippen LogP contribution < -0.4 is 5.32 Å². The Balaban J connectivity index is 1.79. The highest BCUT2D eigenvalue weighted by Gasteiger charge is 2.23. The number of carbonyl (C=O) groups excluding carboxylic acids is 1. The van der Waals surface area contributed by atoms with Gasteiger partial charge >= 0.3 is 11.8 Å². The number of nitro groups is 1. The largest absolute Gasteiger partial charge is 0.453 e. The number of anilines is 1. The number of nitrogens with one attached hydrogen (secondary N) is 1. The van der Waals surface area contributed by atoms with Crippen molar-refractivity contribution in [3.05, 3.63) is 70.4 Å². The van der Waals surface area contributed by atoms with E-state index in [1.165, 1.54) is 17.0 Å². The smallest absolute Gasteiger partial charge is 0.412 e. The summed E-state index contributed by atoms with van der Waals surface area (Å²) in [6.07, 6.45) is 1.38. The minimum absolute atomic E-state index is 0.0148. The monoisotopic (exact) mass is 439 g/mol. The van der Waals surface area contributed by atoms with Gasteiger partial charge in [-0.3, -0.25) is 20.1 Å². The number of aromatic nitrogens is 5. The Morgan fingerprint density at radius 3 is 2.81 bits per heavy atom. The summed E-state index contributed by atoms with van der Waals surface area (Å²) in [4.78, 5) is 30.1. The summed E-state index contributed by atoms with van der Waals surface area (Å²) in [6.45, 7) is 0.0646. The summed E-state index contributed by atoms with van der Waals surface area (Å²) in [7, 11) is 1.11. The molecule has 13 heteroatoms. The highest BCUT2D eigenvalue weighted by atomic mass is 19.1. The van der Waals surface area contributed by atoms with Gasteiger partial charge in [-0.05, 0) is 12.1 Å². The molecular formula is C19H14FN7O5. The molecule has 0 aliphatic carbocycles. The minimum Gasteiger partial charge on any atom is -0.453 e. The SMILES string of the molecule is COC(=O)Nc1nc(-c2cc(-c3ccon3)n(Cc3ccccc3F)n2)ncc1[N+](=O)[O-]. The van der Waals surface area contributed by atoms with E-state index < -0.39 is 22.5 Å². The van der Waals surface area contributed by atoms with Crippen LogP contribution in [0.15, 0.2) is 53.4 Å². The van der Waals surface area contributed by atoms with Crippen molar-refractivity contribution in [2.24, 2.45) is 0 Å². The third-order valence-corrected chi connectivity index (χ3v) is 4.36. The van der Waals surface area contributed by atoms with Crippen LogP contribution in [0.4, 0.5) is 20.7 Å². The first-order chi connectivity index (χ1) is 15.5. The average Bonchev–Trinajstić information content (AvgIpc) is 3.45. The quantitative estimate of drug-likeness (QED) is 0.352. The van der Waals surface area contributed by atoms with E-state index in [2.05, 4.69) is 30.3 Å². The number of halogens is 1. The van der Waals surface area contributed by atoms with Crippen LogP contribution in [0, 0.1) is 15.9 Å². The summed E-state index contributed by atoms with van der Waals surface area (Å²) in [5, 5.41) is 21.7. The van der Waals surface area contributed by atoms with E-state index in [1.807, 2.05) is 0 Å². The molecule has 0 unspecified atom stereocenters. The fourth-order valence-corrected chi connectivity index (χ4v) is 2.86. The Bertz CT molecular complexity index is 1290. The van der Waals surface area contributed by atoms with Gasteiger partial charge in [-0.2, -0.15) is 5.10 Å². The van der Waals surface area contributed by atoms with Crippen LogP contribution in [-0.4, -0.2) is 43.0 Å². The van der Waals surface area contributed by atoms with Gasteiger partial charge in [-0.1, -0.05) is 23.4 Å². The maximum absolute atomic E-state index is 14.2. The van der Waals surface area contributed by atoms with Gasteiger partial charge in [-0.15, -0.1) is 0 Å². The molecule has 4 rings (SSSR count). The standard InChI is InChI=1S/C19H14FN7O5/c1-31-19(28)23-18-16(27(29)30)9-21-17(22-18)14-8-15(13-6-7-32-25-13)26(24-14)10-11-4-2-3-5-12(11)20/h2-9H,10H2,1H3,(H,21,22,23,28). The zero-order chi connectivity index (χ0) is 22.7. The van der Waals surface area contributed by atoms with Gasteiger partial charge in [0.2, 0.25) is 5.82 Å². The summed E-state index contributed by atoms with van der Waals surface area (Å²) >= 11 is 0. The van der Waals surface area contributed by atoms with E-state index in [9.17, 15) is 19.3 Å². The number of amides is 1. The average molecular weight is 439 g/mol. The highest BCUT2D eigenvalue weighted by molar-refractivity contribution is 5.86. The number of methoxy groups -OCH3 is 1. The second-order valence-corrected chi connectivity index (χ2v) is 6.35. The normalized spacial score (nSPS) is 10.7. The third-order valence-electron chi connectivity index (χ3n) is 4.36. The first-order valence-corrected chi connectivity index (χ1v) is 9.05. The van der Waals surface area contributed by atoms with Gasteiger partial charge in [0.1, 0.15) is 29.7 Å². The Morgan fingerprint density at radius 1 is 1.31 bits per heavy atom. The minimum atomic E-state index is -0.939. The van der Waals surface area contributed by atoms with Crippen molar-refractivity contribution >= 4 is 17.6 Å². The van der Waals surface area contributed by atoms with Crippen molar-refractivity contribution in [3.63, 3.8) is 0 Å². The van der Waals surface area contributed by atoms with Crippen LogP contribution in [-0.2, 0) is 11.3 Å². The van der Waals surface area contributed by atoms with E-state index in [0.29, 0.717) is 17.0 Å². The Kier molecular flexibility index (Phi) is 5.53. The lowest BCUT2D eigenvalue weighted by Gasteiger charge is -2.06. The van der Waals surface area contributed by atoms with Gasteiger partial charge in [-0.25, -0.2) is 19.2 Å². The summed E-state index contributed by atoms with van der Waals surface area (Å²) in [5.74, 6) is -0.788. The van der Waals surface area contributed by atoms with Crippen molar-refractivity contribution in [1.82, 2.24) is 24.9 Å². The molecule has 0 aliphatic rings. The Hall–Kier alpha value is -4.68. The molecule has 12 nitrogen and oxygen atoms in total. The molecule has 0 saturated carbocycles. The van der Waals surface area contributed by atoms with Crippen molar-refractivity contribution in [1.29, 1.82) is 0 Å². The molecule has 1 amide bonds. The topological polar surface area (TPSA) is 151 Å². The zero-order valence-electron chi connectivity index (χ0n) is 16.4. The van der Waals surface area contributed by atoms with Gasteiger partial charge in [0.05, 0.1) is 24.3 Å². The van der Waals surface area contributed by atoms with E-state index >= 15 is 0 Å². The molecule has 4 aromatic rings. The van der Waals surface area contributed by atoms with E-state index in [4.69, 9.17) is 4.52 Å². The fraction of sp³-hybridized carbons (Fsp3) is 0.105. The van der Waals surface area contributed by atoms with Crippen molar-refractivity contribution in [2.45, 2.75) is 6.54 Å². The highest BCUT2D eigenvalue weighted by Crippen LogP contribution is 2.28. The van der Waals surface area contributed by atoms with E-state index in [1.54, 1.807) is 30.3 Å². The molecule has 0 aliphatic heterocycles. The van der Waals surface area contributed by atoms with Crippen LogP contribution in [0.2, 0.25) is 0 Å². The lowest BCUT2D eigenvalue weighted by Crippen LogP contribution is -2.14. The fourth-order valence-electron chi connectivity index (χ4n) is 2.86. The first-order valence-electron chi connectivity index (χ1n) is 9.05. The molecule has 1 N–H and O–H groups in total. The summed E-state index contributed by atoms with van der Waals surface area (Å²) < 4.78 is 25.0. The number of hydrogen-bond donors (Lipinski definition) is 1. The molecule has 3 heterocycles. The van der Waals surface area contributed by atoms with Crippen LogP contribution in [0.5, 0.6) is 0 Å². The number of ether oxygens (including phenoxy) is 1.